The Morgan fingerprint density at radius 1 is 1.25 bits per heavy atom. The number of benzene rings is 1. The monoisotopic (exact) mass is 278 g/mol. The zero-order chi connectivity index (χ0) is 15.2. The number of nitrogens with one attached hydrogen (secondary N) is 2. The Kier molecular flexibility index (Phi) is 6.02. The van der Waals surface area contributed by atoms with Crippen LogP contribution in [-0.2, 0) is 9.53 Å². The highest BCUT2D eigenvalue weighted by Gasteiger charge is 2.19. The third-order valence-corrected chi connectivity index (χ3v) is 3.25. The van der Waals surface area contributed by atoms with Crippen molar-refractivity contribution in [3.05, 3.63) is 24.3 Å². The van der Waals surface area contributed by atoms with Crippen molar-refractivity contribution < 1.29 is 9.53 Å². The molecule has 1 aromatic carbocycles. The van der Waals surface area contributed by atoms with Crippen molar-refractivity contribution in [3.63, 3.8) is 0 Å². The number of carbonyl (C=O) groups excluding carboxylic acids is 1. The van der Waals surface area contributed by atoms with Crippen LogP contribution in [0.5, 0.6) is 0 Å². The molecule has 0 aliphatic rings. The summed E-state index contributed by atoms with van der Waals surface area (Å²) in [4.78, 5) is 11.3. The summed E-state index contributed by atoms with van der Waals surface area (Å²) in [7, 11) is 1.73. The number of methoxy groups -OCH3 is 1. The van der Waals surface area contributed by atoms with Gasteiger partial charge in [0.05, 0.1) is 5.60 Å². The molecule has 0 aliphatic heterocycles. The summed E-state index contributed by atoms with van der Waals surface area (Å²) in [6.07, 6.45) is 1.40. The van der Waals surface area contributed by atoms with Gasteiger partial charge < -0.3 is 15.4 Å². The number of ether oxygens (including phenoxy) is 1. The zero-order valence-electron chi connectivity index (χ0n) is 13.1. The molecule has 0 spiro atoms. The molecule has 0 saturated carbocycles. The van der Waals surface area contributed by atoms with Crippen molar-refractivity contribution in [2.45, 2.75) is 52.2 Å². The van der Waals surface area contributed by atoms with Gasteiger partial charge in [-0.25, -0.2) is 0 Å². The Balaban J connectivity index is 2.55. The first-order valence-corrected chi connectivity index (χ1v) is 7.08. The molecule has 4 heteroatoms. The van der Waals surface area contributed by atoms with E-state index in [2.05, 4.69) is 31.4 Å². The SMILES string of the molecule is CCC(=O)Nc1ccc(NC(C)CC(C)(C)OC)cc1. The van der Waals surface area contributed by atoms with Crippen LogP contribution in [0.3, 0.4) is 0 Å². The molecule has 0 saturated heterocycles. The van der Waals surface area contributed by atoms with E-state index in [1.54, 1.807) is 7.11 Å². The second-order valence-electron chi connectivity index (χ2n) is 5.69. The molecule has 4 nitrogen and oxygen atoms in total. The quantitative estimate of drug-likeness (QED) is 0.800. The van der Waals surface area contributed by atoms with Crippen LogP contribution in [0.1, 0.15) is 40.5 Å². The van der Waals surface area contributed by atoms with Crippen molar-refractivity contribution in [1.82, 2.24) is 0 Å². The highest BCUT2D eigenvalue weighted by molar-refractivity contribution is 5.90. The summed E-state index contributed by atoms with van der Waals surface area (Å²) in [5.74, 6) is 0.0286. The Morgan fingerprint density at radius 2 is 1.80 bits per heavy atom. The lowest BCUT2D eigenvalue weighted by Crippen LogP contribution is -2.31. The van der Waals surface area contributed by atoms with Gasteiger partial charge in [0.25, 0.3) is 0 Å². The second kappa shape index (κ2) is 7.29. The third kappa shape index (κ3) is 5.61. The topological polar surface area (TPSA) is 50.4 Å². The first-order valence-electron chi connectivity index (χ1n) is 7.08. The van der Waals surface area contributed by atoms with Crippen molar-refractivity contribution in [2.75, 3.05) is 17.7 Å². The summed E-state index contributed by atoms with van der Waals surface area (Å²) < 4.78 is 5.43. The number of rotatable bonds is 7. The Labute approximate surface area is 121 Å². The van der Waals surface area contributed by atoms with Crippen LogP contribution in [0.4, 0.5) is 11.4 Å². The standard InChI is InChI=1S/C16H26N2O2/c1-6-15(19)18-14-9-7-13(8-10-14)17-12(2)11-16(3,4)20-5/h7-10,12,17H,6,11H2,1-5H3,(H,18,19). The minimum Gasteiger partial charge on any atom is -0.382 e. The first-order chi connectivity index (χ1) is 9.36. The van der Waals surface area contributed by atoms with Crippen LogP contribution < -0.4 is 10.6 Å². The van der Waals surface area contributed by atoms with Gasteiger partial charge in [-0.1, -0.05) is 6.92 Å². The van der Waals surface area contributed by atoms with Gasteiger partial charge in [-0.3, -0.25) is 4.79 Å². The van der Waals surface area contributed by atoms with Crippen molar-refractivity contribution >= 4 is 17.3 Å². The lowest BCUT2D eigenvalue weighted by Gasteiger charge is -2.27. The summed E-state index contributed by atoms with van der Waals surface area (Å²) >= 11 is 0. The average Bonchev–Trinajstić information content (AvgIpc) is 2.40. The lowest BCUT2D eigenvalue weighted by molar-refractivity contribution is -0.115. The van der Waals surface area contributed by atoms with E-state index in [1.165, 1.54) is 0 Å². The zero-order valence-corrected chi connectivity index (χ0v) is 13.1. The van der Waals surface area contributed by atoms with Crippen LogP contribution in [0.15, 0.2) is 24.3 Å². The summed E-state index contributed by atoms with van der Waals surface area (Å²) in [5.41, 5.74) is 1.73. The number of anilines is 2. The predicted octanol–water partition coefficient (Wildman–Crippen LogP) is 3.65. The molecule has 0 aliphatic carbocycles. The molecule has 1 rings (SSSR count). The molecule has 0 bridgehead atoms. The molecule has 2 N–H and O–H groups in total. The van der Waals surface area contributed by atoms with Crippen molar-refractivity contribution in [1.29, 1.82) is 0 Å². The van der Waals surface area contributed by atoms with Crippen molar-refractivity contribution in [2.24, 2.45) is 0 Å². The van der Waals surface area contributed by atoms with Crippen LogP contribution >= 0.6 is 0 Å². The highest BCUT2D eigenvalue weighted by atomic mass is 16.5. The van der Waals surface area contributed by atoms with E-state index in [0.717, 1.165) is 17.8 Å². The van der Waals surface area contributed by atoms with E-state index in [-0.39, 0.29) is 11.5 Å². The van der Waals surface area contributed by atoms with Gasteiger partial charge in [-0.2, -0.15) is 0 Å². The van der Waals surface area contributed by atoms with Crippen molar-refractivity contribution in [3.8, 4) is 0 Å². The van der Waals surface area contributed by atoms with Gasteiger partial charge in [0, 0.05) is 30.9 Å². The molecule has 20 heavy (non-hydrogen) atoms. The van der Waals surface area contributed by atoms with Gasteiger partial charge in [-0.05, 0) is 51.5 Å². The van der Waals surface area contributed by atoms with Gasteiger partial charge in [-0.15, -0.1) is 0 Å². The van der Waals surface area contributed by atoms with Gasteiger partial charge in [0.1, 0.15) is 0 Å². The minimum atomic E-state index is -0.137. The largest absolute Gasteiger partial charge is 0.382 e. The van der Waals surface area contributed by atoms with E-state index < -0.39 is 0 Å². The number of hydrogen-bond acceptors (Lipinski definition) is 3. The molecule has 0 aromatic heterocycles. The fraction of sp³-hybridized carbons (Fsp3) is 0.562. The fourth-order valence-corrected chi connectivity index (χ4v) is 2.06. The summed E-state index contributed by atoms with van der Waals surface area (Å²) in [6, 6.07) is 8.07. The Morgan fingerprint density at radius 3 is 2.30 bits per heavy atom. The molecule has 112 valence electrons. The Hall–Kier alpha value is -1.55. The smallest absolute Gasteiger partial charge is 0.224 e. The molecule has 1 aromatic rings. The maximum Gasteiger partial charge on any atom is 0.224 e. The van der Waals surface area contributed by atoms with Crippen LogP contribution in [0.25, 0.3) is 0 Å². The molecule has 0 fully saturated rings. The normalized spacial score (nSPS) is 12.8. The first kappa shape index (κ1) is 16.5. The molecule has 0 radical (unpaired) electrons. The van der Waals surface area contributed by atoms with Crippen LogP contribution in [0, 0.1) is 0 Å². The number of hydrogen-bond donors (Lipinski definition) is 2. The lowest BCUT2D eigenvalue weighted by atomic mass is 10.00. The fourth-order valence-electron chi connectivity index (χ4n) is 2.06. The van der Waals surface area contributed by atoms with Gasteiger partial charge >= 0.3 is 0 Å². The number of carbonyl (C=O) groups is 1. The second-order valence-corrected chi connectivity index (χ2v) is 5.69. The Bertz CT molecular complexity index is 427. The van der Waals surface area contributed by atoms with Gasteiger partial charge in [0.2, 0.25) is 5.91 Å². The van der Waals surface area contributed by atoms with E-state index in [0.29, 0.717) is 12.5 Å². The molecular weight excluding hydrogens is 252 g/mol. The maximum atomic E-state index is 11.3. The van der Waals surface area contributed by atoms with Gasteiger partial charge in [0.15, 0.2) is 0 Å². The summed E-state index contributed by atoms with van der Waals surface area (Å²) in [5, 5.41) is 6.27. The minimum absolute atomic E-state index is 0.0286. The molecule has 0 heterocycles. The third-order valence-electron chi connectivity index (χ3n) is 3.25. The van der Waals surface area contributed by atoms with E-state index >= 15 is 0 Å². The highest BCUT2D eigenvalue weighted by Crippen LogP contribution is 2.20. The molecule has 1 unspecified atom stereocenters. The van der Waals surface area contributed by atoms with Crippen LogP contribution in [-0.4, -0.2) is 24.7 Å². The molecule has 1 amide bonds. The van der Waals surface area contributed by atoms with E-state index in [1.807, 2.05) is 31.2 Å². The van der Waals surface area contributed by atoms with E-state index in [4.69, 9.17) is 4.74 Å². The molecule has 1 atom stereocenters. The number of amides is 1. The average molecular weight is 278 g/mol. The van der Waals surface area contributed by atoms with Crippen LogP contribution in [0.2, 0.25) is 0 Å². The predicted molar refractivity (Wildman–Crippen MR) is 84.2 cm³/mol. The van der Waals surface area contributed by atoms with E-state index in [9.17, 15) is 4.79 Å². The summed E-state index contributed by atoms with van der Waals surface area (Å²) in [6.45, 7) is 8.13. The maximum absolute atomic E-state index is 11.3. The molecular formula is C16H26N2O2.